The van der Waals surface area contributed by atoms with Crippen molar-refractivity contribution in [3.63, 3.8) is 0 Å². The first-order valence-electron chi connectivity index (χ1n) is 5.31. The second kappa shape index (κ2) is 6.67. The molecule has 1 fully saturated rings. The van der Waals surface area contributed by atoms with Gasteiger partial charge < -0.3 is 10.6 Å². The van der Waals surface area contributed by atoms with Gasteiger partial charge in [0.2, 0.25) is 11.8 Å². The van der Waals surface area contributed by atoms with E-state index in [1.54, 1.807) is 0 Å². The Morgan fingerprint density at radius 3 is 2.40 bits per heavy atom. The van der Waals surface area contributed by atoms with Crippen LogP contribution in [0.2, 0.25) is 0 Å². The minimum absolute atomic E-state index is 0.0261. The molecule has 2 amide bonds. The minimum atomic E-state index is -0.312. The maximum absolute atomic E-state index is 11.3. The smallest absolute Gasteiger partial charge is 0.239 e. The Balaban J connectivity index is 2.05. The van der Waals surface area contributed by atoms with Crippen LogP contribution in [-0.2, 0) is 9.59 Å². The van der Waals surface area contributed by atoms with Crippen molar-refractivity contribution in [1.29, 1.82) is 0 Å². The van der Waals surface area contributed by atoms with Crippen LogP contribution in [0.4, 0.5) is 0 Å². The lowest BCUT2D eigenvalue weighted by molar-refractivity contribution is -0.124. The van der Waals surface area contributed by atoms with Crippen LogP contribution in [0.25, 0.3) is 0 Å². The number of amides is 2. The predicted molar refractivity (Wildman–Crippen MR) is 58.7 cm³/mol. The Kier molecular flexibility index (Phi) is 5.47. The van der Waals surface area contributed by atoms with Gasteiger partial charge in [0.05, 0.1) is 6.54 Å². The molecule has 0 radical (unpaired) electrons. The van der Waals surface area contributed by atoms with E-state index in [1.165, 1.54) is 25.7 Å². The van der Waals surface area contributed by atoms with Crippen LogP contribution >= 0.6 is 11.6 Å². The summed E-state index contributed by atoms with van der Waals surface area (Å²) in [5, 5.41) is 5.23. The van der Waals surface area contributed by atoms with E-state index in [1.807, 2.05) is 0 Å². The Morgan fingerprint density at radius 1 is 1.13 bits per heavy atom. The number of hydrogen-bond donors (Lipinski definition) is 2. The number of rotatable bonds is 5. The topological polar surface area (TPSA) is 58.2 Å². The summed E-state index contributed by atoms with van der Waals surface area (Å²) >= 11 is 5.27. The molecule has 0 aliphatic heterocycles. The van der Waals surface area contributed by atoms with Crippen molar-refractivity contribution < 1.29 is 9.59 Å². The van der Waals surface area contributed by atoms with Crippen LogP contribution in [0.15, 0.2) is 0 Å². The fraction of sp³-hybridized carbons (Fsp3) is 0.800. The molecule has 0 spiro atoms. The molecule has 0 heterocycles. The quantitative estimate of drug-likeness (QED) is 0.684. The zero-order valence-corrected chi connectivity index (χ0v) is 9.48. The normalized spacial score (nSPS) is 16.3. The summed E-state index contributed by atoms with van der Waals surface area (Å²) in [6.45, 7) is 0.758. The molecule has 0 aromatic rings. The highest BCUT2D eigenvalue weighted by atomic mass is 35.5. The molecule has 1 rings (SSSR count). The molecule has 5 heteroatoms. The van der Waals surface area contributed by atoms with Gasteiger partial charge in [0.15, 0.2) is 0 Å². The van der Waals surface area contributed by atoms with Gasteiger partial charge in [-0.05, 0) is 18.8 Å². The molecule has 1 saturated carbocycles. The summed E-state index contributed by atoms with van der Waals surface area (Å²) in [5.41, 5.74) is 0. The van der Waals surface area contributed by atoms with E-state index in [0.717, 1.165) is 6.54 Å². The van der Waals surface area contributed by atoms with Gasteiger partial charge >= 0.3 is 0 Å². The molecule has 0 bridgehead atoms. The van der Waals surface area contributed by atoms with E-state index >= 15 is 0 Å². The van der Waals surface area contributed by atoms with Gasteiger partial charge in [-0.2, -0.15) is 0 Å². The monoisotopic (exact) mass is 232 g/mol. The standard InChI is InChI=1S/C10H17ClN2O2/c11-5-9(14)13-7-10(15)12-6-8-3-1-2-4-8/h8H,1-7H2,(H,12,15)(H,13,14). The van der Waals surface area contributed by atoms with E-state index in [4.69, 9.17) is 11.6 Å². The van der Waals surface area contributed by atoms with Crippen LogP contribution in [0, 0.1) is 5.92 Å². The third kappa shape index (κ3) is 5.02. The highest BCUT2D eigenvalue weighted by Crippen LogP contribution is 2.23. The molecule has 15 heavy (non-hydrogen) atoms. The first kappa shape index (κ1) is 12.3. The lowest BCUT2D eigenvalue weighted by atomic mass is 10.1. The summed E-state index contributed by atoms with van der Waals surface area (Å²) in [5.74, 6) is 0.0707. The average molecular weight is 233 g/mol. The second-order valence-corrected chi connectivity index (χ2v) is 4.13. The zero-order valence-electron chi connectivity index (χ0n) is 8.72. The predicted octanol–water partition coefficient (Wildman–Crippen LogP) is 0.648. The largest absolute Gasteiger partial charge is 0.354 e. The van der Waals surface area contributed by atoms with Gasteiger partial charge in [-0.3, -0.25) is 9.59 Å². The zero-order chi connectivity index (χ0) is 11.1. The maximum Gasteiger partial charge on any atom is 0.239 e. The van der Waals surface area contributed by atoms with Gasteiger partial charge in [-0.15, -0.1) is 11.6 Å². The first-order valence-corrected chi connectivity index (χ1v) is 5.85. The molecular weight excluding hydrogens is 216 g/mol. The first-order chi connectivity index (χ1) is 7.22. The number of hydrogen-bond acceptors (Lipinski definition) is 2. The van der Waals surface area contributed by atoms with Crippen LogP contribution in [0.5, 0.6) is 0 Å². The second-order valence-electron chi connectivity index (χ2n) is 3.86. The number of nitrogens with one attached hydrogen (secondary N) is 2. The highest BCUT2D eigenvalue weighted by Gasteiger charge is 2.15. The molecule has 1 aliphatic rings. The van der Waals surface area contributed by atoms with Crippen molar-refractivity contribution >= 4 is 23.4 Å². The Hall–Kier alpha value is -0.770. The van der Waals surface area contributed by atoms with E-state index in [9.17, 15) is 9.59 Å². The van der Waals surface area contributed by atoms with Gasteiger partial charge in [0.25, 0.3) is 0 Å². The third-order valence-electron chi connectivity index (χ3n) is 2.63. The van der Waals surface area contributed by atoms with E-state index < -0.39 is 0 Å². The lowest BCUT2D eigenvalue weighted by Gasteiger charge is -2.10. The molecule has 0 aromatic carbocycles. The van der Waals surface area contributed by atoms with E-state index in [2.05, 4.69) is 10.6 Å². The SMILES string of the molecule is O=C(CCl)NCC(=O)NCC1CCCC1. The Bertz CT molecular complexity index is 227. The van der Waals surface area contributed by atoms with Gasteiger partial charge in [0.1, 0.15) is 5.88 Å². The molecule has 4 nitrogen and oxygen atoms in total. The van der Waals surface area contributed by atoms with Gasteiger partial charge in [-0.1, -0.05) is 12.8 Å². The van der Waals surface area contributed by atoms with Crippen LogP contribution < -0.4 is 10.6 Å². The Labute approximate surface area is 94.7 Å². The van der Waals surface area contributed by atoms with Crippen molar-refractivity contribution in [2.75, 3.05) is 19.0 Å². The van der Waals surface area contributed by atoms with Crippen LogP contribution in [0.3, 0.4) is 0 Å². The van der Waals surface area contributed by atoms with Crippen LogP contribution in [0.1, 0.15) is 25.7 Å². The number of carbonyl (C=O) groups excluding carboxylic acids is 2. The van der Waals surface area contributed by atoms with Crippen molar-refractivity contribution in [2.24, 2.45) is 5.92 Å². The molecule has 86 valence electrons. The number of carbonyl (C=O) groups is 2. The summed E-state index contributed by atoms with van der Waals surface area (Å²) in [7, 11) is 0. The minimum Gasteiger partial charge on any atom is -0.354 e. The van der Waals surface area contributed by atoms with Gasteiger partial charge in [0, 0.05) is 6.54 Å². The maximum atomic E-state index is 11.3. The molecule has 0 atom stereocenters. The van der Waals surface area contributed by atoms with Crippen molar-refractivity contribution in [2.45, 2.75) is 25.7 Å². The molecular formula is C10H17ClN2O2. The van der Waals surface area contributed by atoms with Crippen molar-refractivity contribution in [3.05, 3.63) is 0 Å². The van der Waals surface area contributed by atoms with E-state index in [0.29, 0.717) is 5.92 Å². The molecule has 0 aromatic heterocycles. The summed E-state index contributed by atoms with van der Waals surface area (Å²) in [6.07, 6.45) is 4.94. The fourth-order valence-electron chi connectivity index (χ4n) is 1.76. The lowest BCUT2D eigenvalue weighted by Crippen LogP contribution is -2.39. The van der Waals surface area contributed by atoms with E-state index in [-0.39, 0.29) is 24.2 Å². The number of halogens is 1. The number of alkyl halides is 1. The fourth-order valence-corrected chi connectivity index (χ4v) is 1.86. The summed E-state index contributed by atoms with van der Waals surface area (Å²) in [6, 6.07) is 0. The Morgan fingerprint density at radius 2 is 1.80 bits per heavy atom. The molecule has 2 N–H and O–H groups in total. The summed E-state index contributed by atoms with van der Waals surface area (Å²) < 4.78 is 0. The van der Waals surface area contributed by atoms with Crippen LogP contribution in [-0.4, -0.2) is 30.8 Å². The van der Waals surface area contributed by atoms with Crippen molar-refractivity contribution in [1.82, 2.24) is 10.6 Å². The average Bonchev–Trinajstić information content (AvgIpc) is 2.75. The highest BCUT2D eigenvalue weighted by molar-refractivity contribution is 6.27. The molecule has 0 saturated heterocycles. The van der Waals surface area contributed by atoms with Gasteiger partial charge in [-0.25, -0.2) is 0 Å². The van der Waals surface area contributed by atoms with Crippen molar-refractivity contribution in [3.8, 4) is 0 Å². The summed E-state index contributed by atoms with van der Waals surface area (Å²) in [4.78, 5) is 22.0. The molecule has 0 unspecified atom stereocenters. The third-order valence-corrected chi connectivity index (χ3v) is 2.87. The molecule has 1 aliphatic carbocycles.